The molecule has 0 spiro atoms. The van der Waals surface area contributed by atoms with Crippen molar-refractivity contribution in [2.24, 2.45) is 0 Å². The van der Waals surface area contributed by atoms with Gasteiger partial charge in [0.05, 0.1) is 6.04 Å². The third kappa shape index (κ3) is 5.55. The van der Waals surface area contributed by atoms with Gasteiger partial charge in [-0.15, -0.1) is 0 Å². The van der Waals surface area contributed by atoms with Gasteiger partial charge in [0, 0.05) is 25.7 Å². The summed E-state index contributed by atoms with van der Waals surface area (Å²) >= 11 is 0. The van der Waals surface area contributed by atoms with E-state index in [0.717, 1.165) is 45.6 Å². The van der Waals surface area contributed by atoms with Crippen LogP contribution in [0, 0.1) is 0 Å². The van der Waals surface area contributed by atoms with Crippen LogP contribution in [0.3, 0.4) is 0 Å². The molecular weight excluding hydrogens is 310 g/mol. The lowest BCUT2D eigenvalue weighted by molar-refractivity contribution is -0.126. The van der Waals surface area contributed by atoms with Gasteiger partial charge >= 0.3 is 0 Å². The van der Waals surface area contributed by atoms with Gasteiger partial charge in [-0.25, -0.2) is 0 Å². The standard InChI is InChI=1S/C21H33N3O/c1-18(24-13-7-2-3-8-14-24)21(25)22-20-11-15-23(16-12-20)17-19-9-5-4-6-10-19/h4-6,9-10,18,20H,2-3,7-8,11-17H2,1H3,(H,22,25)/t18-/m1/s1. The van der Waals surface area contributed by atoms with Crippen molar-refractivity contribution in [3.63, 3.8) is 0 Å². The Kier molecular flexibility index (Phi) is 6.88. The molecule has 25 heavy (non-hydrogen) atoms. The number of piperidine rings is 1. The average molecular weight is 344 g/mol. The van der Waals surface area contributed by atoms with Gasteiger partial charge in [0.1, 0.15) is 0 Å². The van der Waals surface area contributed by atoms with Gasteiger partial charge in [-0.3, -0.25) is 14.6 Å². The molecule has 3 rings (SSSR count). The van der Waals surface area contributed by atoms with Crippen LogP contribution in [-0.4, -0.2) is 54.0 Å². The van der Waals surface area contributed by atoms with Crippen LogP contribution in [0.15, 0.2) is 30.3 Å². The molecular formula is C21H33N3O. The second kappa shape index (κ2) is 9.35. The minimum atomic E-state index is 0.0143. The van der Waals surface area contributed by atoms with Gasteiger partial charge in [-0.05, 0) is 51.3 Å². The number of carbonyl (C=O) groups is 1. The molecule has 1 amide bonds. The molecule has 138 valence electrons. The maximum Gasteiger partial charge on any atom is 0.237 e. The maximum atomic E-state index is 12.6. The predicted octanol–water partition coefficient (Wildman–Crippen LogP) is 3.03. The van der Waals surface area contributed by atoms with Crippen LogP contribution in [0.25, 0.3) is 0 Å². The number of amides is 1. The number of likely N-dealkylation sites (tertiary alicyclic amines) is 2. The van der Waals surface area contributed by atoms with Gasteiger partial charge in [-0.1, -0.05) is 43.2 Å². The van der Waals surface area contributed by atoms with E-state index in [1.807, 2.05) is 0 Å². The van der Waals surface area contributed by atoms with E-state index in [0.29, 0.717) is 6.04 Å². The molecule has 0 radical (unpaired) electrons. The Balaban J connectivity index is 1.41. The quantitative estimate of drug-likeness (QED) is 0.893. The normalized spacial score (nSPS) is 22.3. The molecule has 4 heteroatoms. The smallest absolute Gasteiger partial charge is 0.237 e. The molecule has 0 aromatic heterocycles. The second-order valence-corrected chi connectivity index (χ2v) is 7.67. The fourth-order valence-corrected chi connectivity index (χ4v) is 4.05. The van der Waals surface area contributed by atoms with E-state index in [2.05, 4.69) is 52.4 Å². The molecule has 2 saturated heterocycles. The summed E-state index contributed by atoms with van der Waals surface area (Å²) in [5.41, 5.74) is 1.37. The number of nitrogens with zero attached hydrogens (tertiary/aromatic N) is 2. The van der Waals surface area contributed by atoms with E-state index in [1.165, 1.54) is 31.2 Å². The van der Waals surface area contributed by atoms with Crippen LogP contribution in [0.5, 0.6) is 0 Å². The topological polar surface area (TPSA) is 35.6 Å². The number of rotatable bonds is 5. The molecule has 0 saturated carbocycles. The summed E-state index contributed by atoms with van der Waals surface area (Å²) in [4.78, 5) is 17.5. The Labute approximate surface area is 152 Å². The van der Waals surface area contributed by atoms with Gasteiger partial charge in [0.15, 0.2) is 0 Å². The summed E-state index contributed by atoms with van der Waals surface area (Å²) < 4.78 is 0. The van der Waals surface area contributed by atoms with Crippen LogP contribution in [-0.2, 0) is 11.3 Å². The first kappa shape index (κ1) is 18.4. The summed E-state index contributed by atoms with van der Waals surface area (Å²) in [6.07, 6.45) is 7.21. The number of hydrogen-bond donors (Lipinski definition) is 1. The van der Waals surface area contributed by atoms with Crippen molar-refractivity contribution in [1.29, 1.82) is 0 Å². The third-order valence-corrected chi connectivity index (χ3v) is 5.75. The van der Waals surface area contributed by atoms with Crippen LogP contribution >= 0.6 is 0 Å². The van der Waals surface area contributed by atoms with Crippen molar-refractivity contribution in [2.75, 3.05) is 26.2 Å². The highest BCUT2D eigenvalue weighted by molar-refractivity contribution is 5.81. The van der Waals surface area contributed by atoms with Crippen molar-refractivity contribution in [2.45, 2.75) is 64.1 Å². The maximum absolute atomic E-state index is 12.6. The van der Waals surface area contributed by atoms with E-state index < -0.39 is 0 Å². The summed E-state index contributed by atoms with van der Waals surface area (Å²) in [6, 6.07) is 11.0. The summed E-state index contributed by atoms with van der Waals surface area (Å²) in [5.74, 6) is 0.225. The molecule has 2 heterocycles. The van der Waals surface area contributed by atoms with Crippen LogP contribution in [0.2, 0.25) is 0 Å². The predicted molar refractivity (Wildman–Crippen MR) is 102 cm³/mol. The molecule has 0 aliphatic carbocycles. The van der Waals surface area contributed by atoms with Crippen LogP contribution < -0.4 is 5.32 Å². The van der Waals surface area contributed by atoms with Crippen molar-refractivity contribution >= 4 is 5.91 Å². The van der Waals surface area contributed by atoms with Gasteiger partial charge < -0.3 is 5.32 Å². The molecule has 1 aromatic carbocycles. The molecule has 2 aliphatic heterocycles. The summed E-state index contributed by atoms with van der Waals surface area (Å²) in [6.45, 7) is 7.38. The first-order valence-electron chi connectivity index (χ1n) is 10.0. The molecule has 2 fully saturated rings. The summed E-state index contributed by atoms with van der Waals surface area (Å²) in [5, 5.41) is 3.31. The zero-order valence-electron chi connectivity index (χ0n) is 15.6. The zero-order chi connectivity index (χ0) is 17.5. The SMILES string of the molecule is C[C@H](C(=O)NC1CCN(Cc2ccccc2)CC1)N1CCCCCC1. The molecule has 1 atom stereocenters. The van der Waals surface area contributed by atoms with E-state index >= 15 is 0 Å². The van der Waals surface area contributed by atoms with E-state index in [1.54, 1.807) is 0 Å². The van der Waals surface area contributed by atoms with Crippen LogP contribution in [0.4, 0.5) is 0 Å². The Morgan fingerprint density at radius 3 is 2.32 bits per heavy atom. The number of hydrogen-bond acceptors (Lipinski definition) is 3. The van der Waals surface area contributed by atoms with Gasteiger partial charge in [0.25, 0.3) is 0 Å². The highest BCUT2D eigenvalue weighted by atomic mass is 16.2. The Morgan fingerprint density at radius 1 is 1.04 bits per heavy atom. The monoisotopic (exact) mass is 343 g/mol. The fourth-order valence-electron chi connectivity index (χ4n) is 4.05. The lowest BCUT2D eigenvalue weighted by Gasteiger charge is -2.34. The highest BCUT2D eigenvalue weighted by Gasteiger charge is 2.26. The third-order valence-electron chi connectivity index (χ3n) is 5.75. The van der Waals surface area contributed by atoms with Crippen LogP contribution in [0.1, 0.15) is 51.0 Å². The van der Waals surface area contributed by atoms with E-state index in [9.17, 15) is 4.79 Å². The number of benzene rings is 1. The fraction of sp³-hybridized carbons (Fsp3) is 0.667. The first-order chi connectivity index (χ1) is 12.2. The molecule has 1 N–H and O–H groups in total. The average Bonchev–Trinajstić information content (AvgIpc) is 2.93. The minimum absolute atomic E-state index is 0.0143. The Hall–Kier alpha value is -1.39. The van der Waals surface area contributed by atoms with Gasteiger partial charge in [0.2, 0.25) is 5.91 Å². The van der Waals surface area contributed by atoms with E-state index in [-0.39, 0.29) is 11.9 Å². The largest absolute Gasteiger partial charge is 0.352 e. The highest BCUT2D eigenvalue weighted by Crippen LogP contribution is 2.16. The summed E-state index contributed by atoms with van der Waals surface area (Å²) in [7, 11) is 0. The van der Waals surface area contributed by atoms with Crippen molar-refractivity contribution < 1.29 is 4.79 Å². The lowest BCUT2D eigenvalue weighted by Crippen LogP contribution is -2.51. The second-order valence-electron chi connectivity index (χ2n) is 7.67. The molecule has 4 nitrogen and oxygen atoms in total. The van der Waals surface area contributed by atoms with Crippen molar-refractivity contribution in [1.82, 2.24) is 15.1 Å². The van der Waals surface area contributed by atoms with Crippen molar-refractivity contribution in [3.05, 3.63) is 35.9 Å². The Morgan fingerprint density at radius 2 is 1.68 bits per heavy atom. The molecule has 0 bridgehead atoms. The van der Waals surface area contributed by atoms with E-state index in [4.69, 9.17) is 0 Å². The number of nitrogens with one attached hydrogen (secondary N) is 1. The lowest BCUT2D eigenvalue weighted by atomic mass is 10.0. The van der Waals surface area contributed by atoms with Gasteiger partial charge in [-0.2, -0.15) is 0 Å². The molecule has 2 aliphatic rings. The first-order valence-corrected chi connectivity index (χ1v) is 10.0. The zero-order valence-corrected chi connectivity index (χ0v) is 15.6. The van der Waals surface area contributed by atoms with Crippen molar-refractivity contribution in [3.8, 4) is 0 Å². The number of carbonyl (C=O) groups excluding carboxylic acids is 1. The Bertz CT molecular complexity index is 517. The molecule has 1 aromatic rings. The minimum Gasteiger partial charge on any atom is -0.352 e. The molecule has 0 unspecified atom stereocenters.